The second-order valence-electron chi connectivity index (χ2n) is 5.18. The number of hydrogen-bond donors (Lipinski definition) is 1. The first kappa shape index (κ1) is 11.5. The van der Waals surface area contributed by atoms with Gasteiger partial charge in [0.1, 0.15) is 5.82 Å². The molecule has 2 heterocycles. The normalized spacial score (nSPS) is 14.8. The van der Waals surface area contributed by atoms with Crippen molar-refractivity contribution in [2.75, 3.05) is 6.54 Å². The molecule has 1 aromatic heterocycles. The predicted octanol–water partition coefficient (Wildman–Crippen LogP) is 2.78. The monoisotopic (exact) mass is 241 g/mol. The average molecular weight is 241 g/mol. The quantitative estimate of drug-likeness (QED) is 0.876. The molecule has 0 unspecified atom stereocenters. The van der Waals surface area contributed by atoms with Gasteiger partial charge < -0.3 is 9.88 Å². The van der Waals surface area contributed by atoms with Gasteiger partial charge in [-0.15, -0.1) is 0 Å². The molecule has 3 nitrogen and oxygen atoms in total. The molecule has 94 valence electrons. The molecule has 0 saturated carbocycles. The Hall–Kier alpha value is -1.61. The number of fused-ring (bicyclic) bond motifs is 1. The summed E-state index contributed by atoms with van der Waals surface area (Å²) in [7, 11) is 0. The molecule has 3 rings (SSSR count). The van der Waals surface area contributed by atoms with Gasteiger partial charge in [0, 0.05) is 25.2 Å². The van der Waals surface area contributed by atoms with Gasteiger partial charge >= 0.3 is 0 Å². The van der Waals surface area contributed by atoms with Crippen LogP contribution in [0.25, 0.3) is 11.4 Å². The number of nitrogens with zero attached hydrogens (tertiary/aromatic N) is 2. The Morgan fingerprint density at radius 3 is 2.72 bits per heavy atom. The third kappa shape index (κ3) is 1.95. The minimum absolute atomic E-state index is 0.581. The van der Waals surface area contributed by atoms with Crippen molar-refractivity contribution in [2.24, 2.45) is 0 Å². The maximum absolute atomic E-state index is 4.57. The molecular weight excluding hydrogens is 222 g/mol. The highest BCUT2D eigenvalue weighted by molar-refractivity contribution is 5.57. The molecule has 3 heteroatoms. The van der Waals surface area contributed by atoms with Crippen LogP contribution in [0.5, 0.6) is 0 Å². The Bertz CT molecular complexity index is 537. The van der Waals surface area contributed by atoms with Crippen molar-refractivity contribution < 1.29 is 0 Å². The van der Waals surface area contributed by atoms with Crippen molar-refractivity contribution in [1.29, 1.82) is 0 Å². The lowest BCUT2D eigenvalue weighted by atomic mass is 10.0. The molecule has 1 aromatic carbocycles. The molecule has 1 aliphatic rings. The fourth-order valence-corrected chi connectivity index (χ4v) is 2.46. The Labute approximate surface area is 108 Å². The summed E-state index contributed by atoms with van der Waals surface area (Å²) in [6.07, 6.45) is 1.98. The van der Waals surface area contributed by atoms with Crippen LogP contribution in [-0.2, 0) is 13.1 Å². The lowest BCUT2D eigenvalue weighted by Gasteiger charge is -2.18. The number of rotatable bonds is 2. The van der Waals surface area contributed by atoms with Crippen LogP contribution in [-0.4, -0.2) is 16.1 Å². The summed E-state index contributed by atoms with van der Waals surface area (Å²) in [6, 6.07) is 8.80. The highest BCUT2D eigenvalue weighted by Gasteiger charge is 2.14. The predicted molar refractivity (Wildman–Crippen MR) is 73.5 cm³/mol. The smallest absolute Gasteiger partial charge is 0.140 e. The number of nitrogens with one attached hydrogen (secondary N) is 1. The topological polar surface area (TPSA) is 29.9 Å². The third-order valence-electron chi connectivity index (χ3n) is 3.59. The van der Waals surface area contributed by atoms with Gasteiger partial charge in [-0.2, -0.15) is 0 Å². The molecule has 0 amide bonds. The van der Waals surface area contributed by atoms with Gasteiger partial charge in [-0.05, 0) is 11.5 Å². The average Bonchev–Trinajstić information content (AvgIpc) is 2.82. The summed E-state index contributed by atoms with van der Waals surface area (Å²) in [5.41, 5.74) is 3.88. The fraction of sp³-hybridized carbons (Fsp3) is 0.400. The van der Waals surface area contributed by atoms with Crippen LogP contribution in [0, 0.1) is 0 Å². The molecular formula is C15H19N3. The van der Waals surface area contributed by atoms with E-state index in [9.17, 15) is 0 Å². The number of hydrogen-bond acceptors (Lipinski definition) is 2. The van der Waals surface area contributed by atoms with Gasteiger partial charge in [-0.3, -0.25) is 0 Å². The van der Waals surface area contributed by atoms with Crippen molar-refractivity contribution in [1.82, 2.24) is 14.9 Å². The zero-order valence-corrected chi connectivity index (χ0v) is 11.0. The van der Waals surface area contributed by atoms with Crippen LogP contribution in [0.1, 0.15) is 31.0 Å². The molecule has 0 spiro atoms. The molecule has 0 aliphatic carbocycles. The van der Waals surface area contributed by atoms with E-state index in [4.69, 9.17) is 0 Å². The van der Waals surface area contributed by atoms with Crippen molar-refractivity contribution in [3.63, 3.8) is 0 Å². The summed E-state index contributed by atoms with van der Waals surface area (Å²) in [6.45, 7) is 7.41. The summed E-state index contributed by atoms with van der Waals surface area (Å²) in [5.74, 6) is 1.68. The van der Waals surface area contributed by atoms with E-state index in [1.807, 2.05) is 6.20 Å². The molecule has 2 aromatic rings. The summed E-state index contributed by atoms with van der Waals surface area (Å²) in [5, 5.41) is 3.37. The van der Waals surface area contributed by atoms with E-state index < -0.39 is 0 Å². The Morgan fingerprint density at radius 2 is 2.00 bits per heavy atom. The maximum Gasteiger partial charge on any atom is 0.140 e. The Morgan fingerprint density at radius 1 is 1.22 bits per heavy atom. The van der Waals surface area contributed by atoms with E-state index in [-0.39, 0.29) is 0 Å². The molecule has 0 radical (unpaired) electrons. The van der Waals surface area contributed by atoms with Gasteiger partial charge in [0.2, 0.25) is 0 Å². The standard InChI is InChI=1S/C15H19N3/c1-11(2)12-3-5-13(6-4-12)15-17-10-14-9-16-7-8-18(14)15/h3-6,10-11,16H,7-9H2,1-2H3. The van der Waals surface area contributed by atoms with Crippen molar-refractivity contribution in [3.05, 3.63) is 41.7 Å². The summed E-state index contributed by atoms with van der Waals surface area (Å²) >= 11 is 0. The zero-order chi connectivity index (χ0) is 12.5. The molecule has 0 fully saturated rings. The van der Waals surface area contributed by atoms with Crippen LogP contribution >= 0.6 is 0 Å². The summed E-state index contributed by atoms with van der Waals surface area (Å²) < 4.78 is 2.32. The Kier molecular flexibility index (Phi) is 2.92. The minimum Gasteiger partial charge on any atom is -0.326 e. The van der Waals surface area contributed by atoms with E-state index in [1.54, 1.807) is 0 Å². The number of benzene rings is 1. The van der Waals surface area contributed by atoms with E-state index in [1.165, 1.54) is 16.8 Å². The van der Waals surface area contributed by atoms with Crippen LogP contribution in [0.4, 0.5) is 0 Å². The SMILES string of the molecule is CC(C)c1ccc(-c2ncc3n2CCNC3)cc1. The van der Waals surface area contributed by atoms with E-state index in [0.717, 1.165) is 25.5 Å². The molecule has 18 heavy (non-hydrogen) atoms. The first-order valence-corrected chi connectivity index (χ1v) is 6.61. The van der Waals surface area contributed by atoms with E-state index >= 15 is 0 Å². The zero-order valence-electron chi connectivity index (χ0n) is 11.0. The van der Waals surface area contributed by atoms with Gasteiger partial charge in [0.25, 0.3) is 0 Å². The van der Waals surface area contributed by atoms with Gasteiger partial charge in [0.15, 0.2) is 0 Å². The van der Waals surface area contributed by atoms with E-state index in [2.05, 4.69) is 53.0 Å². The van der Waals surface area contributed by atoms with Gasteiger partial charge in [0.05, 0.1) is 11.9 Å². The van der Waals surface area contributed by atoms with Crippen LogP contribution < -0.4 is 5.32 Å². The highest BCUT2D eigenvalue weighted by atomic mass is 15.1. The number of aromatic nitrogens is 2. The van der Waals surface area contributed by atoms with Crippen LogP contribution in [0.3, 0.4) is 0 Å². The number of imidazole rings is 1. The lowest BCUT2D eigenvalue weighted by molar-refractivity contribution is 0.519. The van der Waals surface area contributed by atoms with E-state index in [0.29, 0.717) is 5.92 Å². The molecule has 0 saturated heterocycles. The maximum atomic E-state index is 4.57. The van der Waals surface area contributed by atoms with Crippen LogP contribution in [0.2, 0.25) is 0 Å². The molecule has 0 bridgehead atoms. The molecule has 1 aliphatic heterocycles. The van der Waals surface area contributed by atoms with Crippen LogP contribution in [0.15, 0.2) is 30.5 Å². The van der Waals surface area contributed by atoms with Gasteiger partial charge in [-0.25, -0.2) is 4.98 Å². The van der Waals surface area contributed by atoms with Crippen molar-refractivity contribution in [2.45, 2.75) is 32.9 Å². The highest BCUT2D eigenvalue weighted by Crippen LogP contribution is 2.23. The third-order valence-corrected chi connectivity index (χ3v) is 3.59. The second-order valence-corrected chi connectivity index (χ2v) is 5.18. The summed E-state index contributed by atoms with van der Waals surface area (Å²) in [4.78, 5) is 4.57. The molecule has 1 N–H and O–H groups in total. The Balaban J connectivity index is 1.97. The molecule has 0 atom stereocenters. The fourth-order valence-electron chi connectivity index (χ4n) is 2.46. The second kappa shape index (κ2) is 4.58. The first-order valence-electron chi connectivity index (χ1n) is 6.61. The van der Waals surface area contributed by atoms with Crippen molar-refractivity contribution in [3.8, 4) is 11.4 Å². The van der Waals surface area contributed by atoms with Gasteiger partial charge in [-0.1, -0.05) is 38.1 Å². The minimum atomic E-state index is 0.581. The largest absolute Gasteiger partial charge is 0.326 e. The first-order chi connectivity index (χ1) is 8.75. The lowest BCUT2D eigenvalue weighted by Crippen LogP contribution is -2.27. The van der Waals surface area contributed by atoms with Crippen molar-refractivity contribution >= 4 is 0 Å².